The fourth-order valence-electron chi connectivity index (χ4n) is 0.310. The van der Waals surface area contributed by atoms with Crippen LogP contribution in [0.15, 0.2) is 11.6 Å². The van der Waals surface area contributed by atoms with Crippen molar-refractivity contribution >= 4 is 29.1 Å². The zero-order chi connectivity index (χ0) is 5.82. The van der Waals surface area contributed by atoms with Gasteiger partial charge in [0.2, 0.25) is 0 Å². The van der Waals surface area contributed by atoms with Gasteiger partial charge in [-0.25, -0.2) is 4.98 Å². The van der Waals surface area contributed by atoms with Crippen LogP contribution in [-0.4, -0.2) is 10.5 Å². The van der Waals surface area contributed by atoms with Crippen molar-refractivity contribution in [2.45, 2.75) is 0 Å². The lowest BCUT2D eigenvalue weighted by Crippen LogP contribution is -1.82. The molecule has 0 amide bonds. The van der Waals surface area contributed by atoms with Gasteiger partial charge in [0, 0.05) is 11.6 Å². The second-order valence-corrected chi connectivity index (χ2v) is 2.06. The van der Waals surface area contributed by atoms with E-state index in [0.717, 1.165) is 0 Å². The summed E-state index contributed by atoms with van der Waals surface area (Å²) in [6.45, 7) is 0. The van der Waals surface area contributed by atoms with Gasteiger partial charge < -0.3 is 4.74 Å². The van der Waals surface area contributed by atoms with Crippen molar-refractivity contribution in [3.63, 3.8) is 0 Å². The van der Waals surface area contributed by atoms with Crippen LogP contribution in [0.5, 0.6) is 5.19 Å². The van der Waals surface area contributed by atoms with Gasteiger partial charge in [-0.05, 0) is 12.2 Å². The van der Waals surface area contributed by atoms with Crippen LogP contribution in [0.1, 0.15) is 0 Å². The second kappa shape index (κ2) is 2.74. The number of aromatic nitrogens is 1. The van der Waals surface area contributed by atoms with Crippen LogP contribution in [0.25, 0.3) is 0 Å². The smallest absolute Gasteiger partial charge is 0.278 e. The minimum Gasteiger partial charge on any atom is -0.427 e. The highest BCUT2D eigenvalue weighted by Crippen LogP contribution is 2.11. The third-order valence-corrected chi connectivity index (χ3v) is 1.32. The van der Waals surface area contributed by atoms with E-state index >= 15 is 0 Å². The zero-order valence-corrected chi connectivity index (χ0v) is 5.54. The molecule has 8 heavy (non-hydrogen) atoms. The summed E-state index contributed by atoms with van der Waals surface area (Å²) in [5.74, 6) is 0. The minimum atomic E-state index is 0.597. The molecule has 4 heteroatoms. The Morgan fingerprint density at radius 2 is 2.75 bits per heavy atom. The van der Waals surface area contributed by atoms with Gasteiger partial charge in [0.15, 0.2) is 5.55 Å². The Morgan fingerprint density at radius 3 is 3.25 bits per heavy atom. The van der Waals surface area contributed by atoms with Crippen molar-refractivity contribution in [2.75, 3.05) is 0 Å². The molecule has 1 heterocycles. The Hall–Kier alpha value is -0.480. The number of nitrogens with zero attached hydrogens (tertiary/aromatic N) is 1. The van der Waals surface area contributed by atoms with Crippen LogP contribution < -0.4 is 4.74 Å². The van der Waals surface area contributed by atoms with Crippen LogP contribution in [0.4, 0.5) is 0 Å². The van der Waals surface area contributed by atoms with Crippen molar-refractivity contribution in [2.24, 2.45) is 0 Å². The molecule has 0 fully saturated rings. The third-order valence-electron chi connectivity index (χ3n) is 0.559. The average molecular weight is 145 g/mol. The molecule has 1 rings (SSSR count). The van der Waals surface area contributed by atoms with Crippen LogP contribution >= 0.6 is 23.6 Å². The van der Waals surface area contributed by atoms with Crippen molar-refractivity contribution in [3.05, 3.63) is 11.6 Å². The normalized spacial score (nSPS) is 8.50. The van der Waals surface area contributed by atoms with Gasteiger partial charge in [-0.3, -0.25) is 0 Å². The lowest BCUT2D eigenvalue weighted by molar-refractivity contribution is 0.580. The predicted molar refractivity (Wildman–Crippen MR) is 36.4 cm³/mol. The predicted octanol–water partition coefficient (Wildman–Crippen LogP) is 1.48. The molecule has 0 aliphatic heterocycles. The van der Waals surface area contributed by atoms with Crippen molar-refractivity contribution in [1.82, 2.24) is 4.98 Å². The molecule has 0 atom stereocenters. The van der Waals surface area contributed by atoms with Crippen LogP contribution in [0.3, 0.4) is 0 Å². The van der Waals surface area contributed by atoms with Crippen LogP contribution in [0.2, 0.25) is 0 Å². The van der Waals surface area contributed by atoms with Gasteiger partial charge in [-0.15, -0.1) is 0 Å². The highest BCUT2D eigenvalue weighted by molar-refractivity contribution is 7.78. The first-order valence-corrected chi connectivity index (χ1v) is 3.28. The summed E-state index contributed by atoms with van der Waals surface area (Å²) in [7, 11) is 0. The van der Waals surface area contributed by atoms with E-state index in [-0.39, 0.29) is 0 Å². The maximum absolute atomic E-state index is 4.74. The van der Waals surface area contributed by atoms with E-state index in [1.54, 1.807) is 6.20 Å². The lowest BCUT2D eigenvalue weighted by Gasteiger charge is -1.84. The Bertz CT molecular complexity index is 161. The fourth-order valence-corrected chi connectivity index (χ4v) is 0.925. The van der Waals surface area contributed by atoms with Gasteiger partial charge in [-0.2, -0.15) is 0 Å². The molecular weight excluding hydrogens is 142 g/mol. The van der Waals surface area contributed by atoms with Gasteiger partial charge in [0.25, 0.3) is 5.19 Å². The maximum Gasteiger partial charge on any atom is 0.278 e. The first kappa shape index (κ1) is 5.65. The van der Waals surface area contributed by atoms with E-state index in [0.29, 0.717) is 5.19 Å². The molecule has 2 nitrogen and oxygen atoms in total. The third kappa shape index (κ3) is 1.24. The molecule has 0 saturated carbocycles. The molecule has 42 valence electrons. The van der Waals surface area contributed by atoms with Crippen molar-refractivity contribution in [3.8, 4) is 5.19 Å². The largest absolute Gasteiger partial charge is 0.427 e. The van der Waals surface area contributed by atoms with Crippen molar-refractivity contribution in [1.29, 1.82) is 0 Å². The van der Waals surface area contributed by atoms with Gasteiger partial charge in [0.1, 0.15) is 0 Å². The molecule has 0 saturated heterocycles. The molecule has 0 spiro atoms. The molecule has 0 aliphatic rings. The summed E-state index contributed by atoms with van der Waals surface area (Å²) in [4.78, 5) is 3.80. The number of rotatable bonds is 2. The SMILES string of the molecule is S=COc1nccs1. The van der Waals surface area contributed by atoms with Crippen molar-refractivity contribution < 1.29 is 4.74 Å². The second-order valence-electron chi connectivity index (χ2n) is 1.01. The summed E-state index contributed by atoms with van der Waals surface area (Å²) in [6, 6.07) is 0. The number of hydrogen-bond acceptors (Lipinski definition) is 4. The first-order valence-electron chi connectivity index (χ1n) is 1.93. The van der Waals surface area contributed by atoms with E-state index in [9.17, 15) is 0 Å². The Balaban J connectivity index is 2.62. The van der Waals surface area contributed by atoms with Gasteiger partial charge in [0.05, 0.1) is 0 Å². The molecule has 1 aromatic rings. The average Bonchev–Trinajstić information content (AvgIpc) is 2.19. The number of thiazole rings is 1. The summed E-state index contributed by atoms with van der Waals surface area (Å²) in [5.41, 5.74) is 1.19. The highest BCUT2D eigenvalue weighted by Gasteiger charge is 1.88. The summed E-state index contributed by atoms with van der Waals surface area (Å²) in [6.07, 6.45) is 1.67. The number of thiocarbonyl (C=S) groups is 1. The quantitative estimate of drug-likeness (QED) is 0.588. The monoisotopic (exact) mass is 145 g/mol. The molecule has 0 aromatic carbocycles. The Labute approximate surface area is 56.1 Å². The van der Waals surface area contributed by atoms with Crippen LogP contribution in [-0.2, 0) is 0 Å². The molecule has 1 aromatic heterocycles. The topological polar surface area (TPSA) is 22.1 Å². The van der Waals surface area contributed by atoms with E-state index in [1.807, 2.05) is 5.38 Å². The standard InChI is InChI=1S/C4H3NOS2/c7-3-6-4-5-1-2-8-4/h1-3H. The molecule has 0 N–H and O–H groups in total. The molecular formula is C4H3NOS2. The van der Waals surface area contributed by atoms with E-state index in [1.165, 1.54) is 16.9 Å². The Kier molecular flexibility index (Phi) is 1.93. The highest BCUT2D eigenvalue weighted by atomic mass is 32.1. The van der Waals surface area contributed by atoms with Crippen LogP contribution in [0, 0.1) is 0 Å². The van der Waals surface area contributed by atoms with E-state index < -0.39 is 0 Å². The number of ether oxygens (including phenoxy) is 1. The van der Waals surface area contributed by atoms with Gasteiger partial charge >= 0.3 is 0 Å². The molecule has 0 bridgehead atoms. The fraction of sp³-hybridized carbons (Fsp3) is 0. The van der Waals surface area contributed by atoms with E-state index in [4.69, 9.17) is 4.74 Å². The molecule has 0 radical (unpaired) electrons. The minimum absolute atomic E-state index is 0.597. The molecule has 0 unspecified atom stereocenters. The first-order chi connectivity index (χ1) is 3.93. The summed E-state index contributed by atoms with van der Waals surface area (Å²) < 4.78 is 4.74. The zero-order valence-electron chi connectivity index (χ0n) is 3.90. The molecule has 0 aliphatic carbocycles. The van der Waals surface area contributed by atoms with E-state index in [2.05, 4.69) is 17.2 Å². The summed E-state index contributed by atoms with van der Waals surface area (Å²) >= 11 is 5.84. The maximum atomic E-state index is 4.74. The number of hydrogen-bond donors (Lipinski definition) is 0. The summed E-state index contributed by atoms with van der Waals surface area (Å²) in [5, 5.41) is 2.42. The van der Waals surface area contributed by atoms with Gasteiger partial charge in [-0.1, -0.05) is 11.3 Å². The Morgan fingerprint density at radius 1 is 1.88 bits per heavy atom. The lowest BCUT2D eigenvalue weighted by atomic mass is 11.0.